The number of carbonyl (C=O) groups excluding carboxylic acids is 2. The molecule has 160 valence electrons. The fourth-order valence-electron chi connectivity index (χ4n) is 2.70. The Morgan fingerprint density at radius 2 is 1.87 bits per heavy atom. The van der Waals surface area contributed by atoms with E-state index in [0.717, 1.165) is 5.56 Å². The van der Waals surface area contributed by atoms with E-state index in [2.05, 4.69) is 15.6 Å². The summed E-state index contributed by atoms with van der Waals surface area (Å²) in [5.41, 5.74) is 2.19. The van der Waals surface area contributed by atoms with E-state index in [-0.39, 0.29) is 0 Å². The molecule has 1 heterocycles. The highest BCUT2D eigenvalue weighted by atomic mass is 16.5. The lowest BCUT2D eigenvalue weighted by Crippen LogP contribution is -2.29. The van der Waals surface area contributed by atoms with Crippen LogP contribution in [-0.2, 0) is 20.9 Å². The maximum atomic E-state index is 12.2. The van der Waals surface area contributed by atoms with Gasteiger partial charge in [-0.15, -0.1) is 5.10 Å². The van der Waals surface area contributed by atoms with Crippen molar-refractivity contribution in [3.63, 3.8) is 0 Å². The summed E-state index contributed by atoms with van der Waals surface area (Å²) in [6.45, 7) is 4.54. The summed E-state index contributed by atoms with van der Waals surface area (Å²) < 4.78 is 12.2. The van der Waals surface area contributed by atoms with Crippen molar-refractivity contribution in [1.29, 1.82) is 0 Å². The molecule has 0 unspecified atom stereocenters. The zero-order valence-corrected chi connectivity index (χ0v) is 17.4. The standard InChI is InChI=1S/C23H24N4O4/c1-3-30-21-12-9-19(10-13-21)24-23(29)17(2)31-22(28)14-11-20-16-27(26-25-20)15-18-7-5-4-6-8-18/h4-14,16-17H,3,15H2,1-2H3,(H,24,29)/b14-11+/t17-/m0/s1. The number of esters is 1. The molecule has 3 rings (SSSR count). The first kappa shape index (κ1) is 21.8. The largest absolute Gasteiger partial charge is 0.494 e. The predicted octanol–water partition coefficient (Wildman–Crippen LogP) is 3.31. The van der Waals surface area contributed by atoms with Gasteiger partial charge in [0.25, 0.3) is 5.91 Å². The highest BCUT2D eigenvalue weighted by Crippen LogP contribution is 2.16. The lowest BCUT2D eigenvalue weighted by molar-refractivity contribution is -0.148. The summed E-state index contributed by atoms with van der Waals surface area (Å²) in [6, 6.07) is 16.8. The van der Waals surface area contributed by atoms with Crippen molar-refractivity contribution in [2.24, 2.45) is 0 Å². The molecule has 1 N–H and O–H groups in total. The number of amides is 1. The molecule has 0 bridgehead atoms. The number of hydrogen-bond acceptors (Lipinski definition) is 6. The van der Waals surface area contributed by atoms with Gasteiger partial charge in [-0.3, -0.25) is 4.79 Å². The molecule has 1 aromatic heterocycles. The lowest BCUT2D eigenvalue weighted by Gasteiger charge is -2.12. The van der Waals surface area contributed by atoms with Crippen LogP contribution in [0.5, 0.6) is 5.75 Å². The second-order valence-corrected chi connectivity index (χ2v) is 6.69. The van der Waals surface area contributed by atoms with Gasteiger partial charge in [0.1, 0.15) is 11.4 Å². The minimum Gasteiger partial charge on any atom is -0.494 e. The number of nitrogens with zero attached hydrogens (tertiary/aromatic N) is 3. The Hall–Kier alpha value is -3.94. The van der Waals surface area contributed by atoms with Gasteiger partial charge in [-0.05, 0) is 49.8 Å². The van der Waals surface area contributed by atoms with Crippen molar-refractivity contribution < 1.29 is 19.1 Å². The number of anilines is 1. The van der Waals surface area contributed by atoms with Crippen molar-refractivity contribution in [2.75, 3.05) is 11.9 Å². The van der Waals surface area contributed by atoms with Gasteiger partial charge >= 0.3 is 5.97 Å². The van der Waals surface area contributed by atoms with Crippen LogP contribution in [0.25, 0.3) is 6.08 Å². The highest BCUT2D eigenvalue weighted by molar-refractivity contribution is 5.96. The molecule has 0 saturated carbocycles. The Labute approximate surface area is 180 Å². The van der Waals surface area contributed by atoms with E-state index in [0.29, 0.717) is 30.3 Å². The molecule has 8 heteroatoms. The van der Waals surface area contributed by atoms with Crippen LogP contribution >= 0.6 is 0 Å². The number of nitrogens with one attached hydrogen (secondary N) is 1. The van der Waals surface area contributed by atoms with Crippen LogP contribution in [0.4, 0.5) is 5.69 Å². The van der Waals surface area contributed by atoms with Gasteiger partial charge in [-0.25, -0.2) is 9.48 Å². The molecule has 0 aliphatic rings. The fourth-order valence-corrected chi connectivity index (χ4v) is 2.70. The first-order valence-electron chi connectivity index (χ1n) is 9.90. The van der Waals surface area contributed by atoms with E-state index in [1.165, 1.54) is 19.1 Å². The van der Waals surface area contributed by atoms with E-state index in [1.807, 2.05) is 37.3 Å². The summed E-state index contributed by atoms with van der Waals surface area (Å²) >= 11 is 0. The summed E-state index contributed by atoms with van der Waals surface area (Å²) in [4.78, 5) is 24.3. The third-order valence-corrected chi connectivity index (χ3v) is 4.23. The van der Waals surface area contributed by atoms with Crippen molar-refractivity contribution in [3.8, 4) is 5.75 Å². The first-order chi connectivity index (χ1) is 15.0. The minimum absolute atomic E-state index is 0.431. The highest BCUT2D eigenvalue weighted by Gasteiger charge is 2.16. The molecule has 0 saturated heterocycles. The maximum Gasteiger partial charge on any atom is 0.331 e. The number of hydrogen-bond donors (Lipinski definition) is 1. The number of rotatable bonds is 9. The lowest BCUT2D eigenvalue weighted by atomic mass is 10.2. The number of ether oxygens (including phenoxy) is 2. The van der Waals surface area contributed by atoms with Crippen LogP contribution in [0, 0.1) is 0 Å². The van der Waals surface area contributed by atoms with Gasteiger partial charge in [0.05, 0.1) is 19.3 Å². The number of aromatic nitrogens is 3. The van der Waals surface area contributed by atoms with E-state index >= 15 is 0 Å². The minimum atomic E-state index is -0.961. The average Bonchev–Trinajstić information content (AvgIpc) is 3.22. The van der Waals surface area contributed by atoms with Gasteiger partial charge in [0.2, 0.25) is 0 Å². The molecule has 0 spiro atoms. The smallest absolute Gasteiger partial charge is 0.331 e. The second kappa shape index (κ2) is 10.7. The summed E-state index contributed by atoms with van der Waals surface area (Å²) in [7, 11) is 0. The van der Waals surface area contributed by atoms with Crippen LogP contribution in [0.3, 0.4) is 0 Å². The molecule has 8 nitrogen and oxygen atoms in total. The Morgan fingerprint density at radius 1 is 1.13 bits per heavy atom. The Morgan fingerprint density at radius 3 is 2.58 bits per heavy atom. The Kier molecular flexibility index (Phi) is 7.53. The topological polar surface area (TPSA) is 95.3 Å². The molecule has 31 heavy (non-hydrogen) atoms. The van der Waals surface area contributed by atoms with E-state index in [4.69, 9.17) is 9.47 Å². The van der Waals surface area contributed by atoms with Crippen LogP contribution in [0.1, 0.15) is 25.1 Å². The number of carbonyl (C=O) groups is 2. The zero-order chi connectivity index (χ0) is 22.1. The van der Waals surface area contributed by atoms with Crippen LogP contribution in [0.2, 0.25) is 0 Å². The van der Waals surface area contributed by atoms with Crippen LogP contribution in [-0.4, -0.2) is 39.6 Å². The Balaban J connectivity index is 1.48. The van der Waals surface area contributed by atoms with Crippen molar-refractivity contribution in [1.82, 2.24) is 15.0 Å². The van der Waals surface area contributed by atoms with Gasteiger partial charge in [-0.1, -0.05) is 35.5 Å². The molecule has 0 radical (unpaired) electrons. The second-order valence-electron chi connectivity index (χ2n) is 6.69. The van der Waals surface area contributed by atoms with Crippen LogP contribution < -0.4 is 10.1 Å². The van der Waals surface area contributed by atoms with E-state index in [9.17, 15) is 9.59 Å². The fraction of sp³-hybridized carbons (Fsp3) is 0.217. The molecular weight excluding hydrogens is 396 g/mol. The monoisotopic (exact) mass is 420 g/mol. The molecule has 1 amide bonds. The summed E-state index contributed by atoms with van der Waals surface area (Å²) in [6.07, 6.45) is 3.47. The maximum absolute atomic E-state index is 12.2. The van der Waals surface area contributed by atoms with Crippen molar-refractivity contribution in [3.05, 3.63) is 78.1 Å². The zero-order valence-electron chi connectivity index (χ0n) is 17.4. The SMILES string of the molecule is CCOc1ccc(NC(=O)[C@H](C)OC(=O)/C=C/c2cn(Cc3ccccc3)nn2)cc1. The van der Waals surface area contributed by atoms with Gasteiger partial charge in [0, 0.05) is 11.8 Å². The summed E-state index contributed by atoms with van der Waals surface area (Å²) in [5, 5.41) is 10.7. The molecule has 2 aromatic carbocycles. The first-order valence-corrected chi connectivity index (χ1v) is 9.90. The molecule has 0 fully saturated rings. The predicted molar refractivity (Wildman–Crippen MR) is 116 cm³/mol. The summed E-state index contributed by atoms with van der Waals surface area (Å²) in [5.74, 6) is -0.363. The van der Waals surface area contributed by atoms with Crippen molar-refractivity contribution in [2.45, 2.75) is 26.5 Å². The third-order valence-electron chi connectivity index (χ3n) is 4.23. The molecule has 0 aliphatic heterocycles. The van der Waals surface area contributed by atoms with E-state index < -0.39 is 18.0 Å². The van der Waals surface area contributed by atoms with Gasteiger partial charge < -0.3 is 14.8 Å². The molecule has 0 aliphatic carbocycles. The molecule has 1 atom stereocenters. The van der Waals surface area contributed by atoms with Crippen molar-refractivity contribution >= 4 is 23.6 Å². The Bertz CT molecular complexity index is 1030. The average molecular weight is 420 g/mol. The third kappa shape index (κ3) is 6.81. The molecule has 3 aromatic rings. The van der Waals surface area contributed by atoms with Gasteiger partial charge in [-0.2, -0.15) is 0 Å². The number of benzene rings is 2. The quantitative estimate of drug-likeness (QED) is 0.422. The normalized spacial score (nSPS) is 11.8. The van der Waals surface area contributed by atoms with Crippen LogP contribution in [0.15, 0.2) is 66.9 Å². The molecular formula is C23H24N4O4. The van der Waals surface area contributed by atoms with Gasteiger partial charge in [0.15, 0.2) is 6.10 Å². The van der Waals surface area contributed by atoms with E-state index in [1.54, 1.807) is 35.1 Å².